The second-order valence-corrected chi connectivity index (χ2v) is 5.27. The molecule has 1 heterocycles. The first kappa shape index (κ1) is 14.8. The van der Waals surface area contributed by atoms with Gasteiger partial charge in [-0.25, -0.2) is 9.97 Å². The Labute approximate surface area is 127 Å². The van der Waals surface area contributed by atoms with E-state index in [4.69, 9.17) is 4.74 Å². The van der Waals surface area contributed by atoms with Gasteiger partial charge in [0.1, 0.15) is 11.6 Å². The van der Waals surface area contributed by atoms with Crippen molar-refractivity contribution in [2.45, 2.75) is 19.8 Å². The molecule has 5 heteroatoms. The van der Waals surface area contributed by atoms with Gasteiger partial charge in [0.05, 0.1) is 7.11 Å². The fourth-order valence-electron chi connectivity index (χ4n) is 1.93. The van der Waals surface area contributed by atoms with Crippen LogP contribution in [0.2, 0.25) is 0 Å². The quantitative estimate of drug-likeness (QED) is 0.899. The third-order valence-electron chi connectivity index (χ3n) is 2.96. The summed E-state index contributed by atoms with van der Waals surface area (Å²) in [4.78, 5) is 9.17. The molecule has 0 aliphatic rings. The summed E-state index contributed by atoms with van der Waals surface area (Å²) in [5.41, 5.74) is 1.97. The maximum atomic E-state index is 5.27. The Morgan fingerprint density at radius 1 is 1.25 bits per heavy atom. The topological polar surface area (TPSA) is 47.0 Å². The number of hydrogen-bond donors (Lipinski definition) is 1. The van der Waals surface area contributed by atoms with E-state index in [1.807, 2.05) is 31.3 Å². The predicted molar refractivity (Wildman–Crippen MR) is 85.3 cm³/mol. The van der Waals surface area contributed by atoms with E-state index in [-0.39, 0.29) is 0 Å². The molecule has 0 fully saturated rings. The van der Waals surface area contributed by atoms with Crippen molar-refractivity contribution in [3.63, 3.8) is 0 Å². The van der Waals surface area contributed by atoms with Gasteiger partial charge in [0, 0.05) is 28.8 Å². The van der Waals surface area contributed by atoms with Crippen LogP contribution in [0.3, 0.4) is 0 Å². The van der Waals surface area contributed by atoms with Gasteiger partial charge >= 0.3 is 0 Å². The fourth-order valence-corrected chi connectivity index (χ4v) is 2.36. The molecule has 106 valence electrons. The summed E-state index contributed by atoms with van der Waals surface area (Å²) in [5.74, 6) is 2.32. The van der Waals surface area contributed by atoms with Crippen molar-refractivity contribution in [3.05, 3.63) is 34.4 Å². The smallest absolute Gasteiger partial charge is 0.163 e. The SMILES string of the molecule is CCCc1cc(NC)nc(-c2cc(OC)ccc2Br)n1. The Hall–Kier alpha value is -1.62. The Bertz CT molecular complexity index is 602. The molecule has 0 aliphatic carbocycles. The predicted octanol–water partition coefficient (Wildman–Crippen LogP) is 3.91. The third kappa shape index (κ3) is 3.28. The Balaban J connectivity index is 2.53. The maximum absolute atomic E-state index is 5.27. The van der Waals surface area contributed by atoms with Gasteiger partial charge < -0.3 is 10.1 Å². The number of halogens is 1. The van der Waals surface area contributed by atoms with Crippen LogP contribution < -0.4 is 10.1 Å². The third-order valence-corrected chi connectivity index (χ3v) is 3.65. The number of methoxy groups -OCH3 is 1. The number of ether oxygens (including phenoxy) is 1. The minimum atomic E-state index is 0.700. The van der Waals surface area contributed by atoms with E-state index in [9.17, 15) is 0 Å². The molecular formula is C15H18BrN3O. The lowest BCUT2D eigenvalue weighted by Gasteiger charge is -2.10. The lowest BCUT2D eigenvalue weighted by atomic mass is 10.2. The van der Waals surface area contributed by atoms with Gasteiger partial charge in [-0.1, -0.05) is 29.3 Å². The van der Waals surface area contributed by atoms with E-state index >= 15 is 0 Å². The Morgan fingerprint density at radius 3 is 2.70 bits per heavy atom. The number of rotatable bonds is 5. The van der Waals surface area contributed by atoms with E-state index in [0.29, 0.717) is 5.82 Å². The standard InChI is InChI=1S/C15H18BrN3O/c1-4-5-10-8-14(17-2)19-15(18-10)12-9-11(20-3)6-7-13(12)16/h6-9H,4-5H2,1-3H3,(H,17,18,19). The van der Waals surface area contributed by atoms with Gasteiger partial charge in [-0.3, -0.25) is 0 Å². The van der Waals surface area contributed by atoms with E-state index in [2.05, 4.69) is 38.1 Å². The summed E-state index contributed by atoms with van der Waals surface area (Å²) in [6, 6.07) is 7.78. The summed E-state index contributed by atoms with van der Waals surface area (Å²) < 4.78 is 6.23. The van der Waals surface area contributed by atoms with Crippen molar-refractivity contribution in [2.24, 2.45) is 0 Å². The fraction of sp³-hybridized carbons (Fsp3) is 0.333. The van der Waals surface area contributed by atoms with E-state index in [0.717, 1.165) is 40.1 Å². The lowest BCUT2D eigenvalue weighted by molar-refractivity contribution is 0.415. The first-order valence-corrected chi connectivity index (χ1v) is 7.36. The number of aromatic nitrogens is 2. The molecule has 2 rings (SSSR count). The highest BCUT2D eigenvalue weighted by molar-refractivity contribution is 9.10. The molecule has 0 bridgehead atoms. The molecule has 0 unspecified atom stereocenters. The van der Waals surface area contributed by atoms with Crippen LogP contribution in [-0.2, 0) is 6.42 Å². The Morgan fingerprint density at radius 2 is 2.05 bits per heavy atom. The molecule has 0 saturated carbocycles. The highest BCUT2D eigenvalue weighted by Crippen LogP contribution is 2.30. The van der Waals surface area contributed by atoms with Crippen LogP contribution in [0, 0.1) is 0 Å². The van der Waals surface area contributed by atoms with Crippen molar-refractivity contribution in [3.8, 4) is 17.1 Å². The number of hydrogen-bond acceptors (Lipinski definition) is 4. The van der Waals surface area contributed by atoms with Crippen LogP contribution in [0.25, 0.3) is 11.4 Å². The van der Waals surface area contributed by atoms with Crippen molar-refractivity contribution in [2.75, 3.05) is 19.5 Å². The summed E-state index contributed by atoms with van der Waals surface area (Å²) in [6.45, 7) is 2.14. The zero-order valence-corrected chi connectivity index (χ0v) is 13.5. The summed E-state index contributed by atoms with van der Waals surface area (Å²) >= 11 is 3.55. The zero-order valence-electron chi connectivity index (χ0n) is 11.9. The summed E-state index contributed by atoms with van der Waals surface area (Å²) in [5, 5.41) is 3.09. The highest BCUT2D eigenvalue weighted by Gasteiger charge is 2.10. The van der Waals surface area contributed by atoms with Crippen LogP contribution >= 0.6 is 15.9 Å². The molecule has 1 N–H and O–H groups in total. The first-order chi connectivity index (χ1) is 9.67. The minimum absolute atomic E-state index is 0.700. The molecule has 0 atom stereocenters. The molecule has 2 aromatic rings. The molecule has 0 saturated heterocycles. The van der Waals surface area contributed by atoms with Gasteiger partial charge in [-0.05, 0) is 24.6 Å². The second-order valence-electron chi connectivity index (χ2n) is 4.41. The molecule has 0 amide bonds. The van der Waals surface area contributed by atoms with Gasteiger partial charge in [0.25, 0.3) is 0 Å². The molecular weight excluding hydrogens is 318 g/mol. The van der Waals surface area contributed by atoms with Gasteiger partial charge in [-0.2, -0.15) is 0 Å². The van der Waals surface area contributed by atoms with Crippen LogP contribution in [-0.4, -0.2) is 24.1 Å². The monoisotopic (exact) mass is 335 g/mol. The lowest BCUT2D eigenvalue weighted by Crippen LogP contribution is -2.01. The Kier molecular flexibility index (Phi) is 4.95. The number of nitrogens with zero attached hydrogens (tertiary/aromatic N) is 2. The maximum Gasteiger partial charge on any atom is 0.163 e. The molecule has 0 aliphatic heterocycles. The highest BCUT2D eigenvalue weighted by atomic mass is 79.9. The zero-order chi connectivity index (χ0) is 14.5. The first-order valence-electron chi connectivity index (χ1n) is 6.57. The number of benzene rings is 1. The van der Waals surface area contributed by atoms with Crippen molar-refractivity contribution in [1.29, 1.82) is 0 Å². The van der Waals surface area contributed by atoms with Crippen molar-refractivity contribution >= 4 is 21.7 Å². The molecule has 20 heavy (non-hydrogen) atoms. The van der Waals surface area contributed by atoms with Crippen LogP contribution in [0.4, 0.5) is 5.82 Å². The molecule has 0 radical (unpaired) electrons. The van der Waals surface area contributed by atoms with E-state index < -0.39 is 0 Å². The molecule has 0 spiro atoms. The number of aryl methyl sites for hydroxylation is 1. The van der Waals surface area contributed by atoms with E-state index in [1.165, 1.54) is 0 Å². The number of anilines is 1. The summed E-state index contributed by atoms with van der Waals surface area (Å²) in [6.07, 6.45) is 1.99. The van der Waals surface area contributed by atoms with Gasteiger partial charge in [0.2, 0.25) is 0 Å². The second kappa shape index (κ2) is 6.70. The van der Waals surface area contributed by atoms with Gasteiger partial charge in [-0.15, -0.1) is 0 Å². The van der Waals surface area contributed by atoms with E-state index in [1.54, 1.807) is 7.11 Å². The van der Waals surface area contributed by atoms with Gasteiger partial charge in [0.15, 0.2) is 5.82 Å². The minimum Gasteiger partial charge on any atom is -0.497 e. The van der Waals surface area contributed by atoms with Crippen LogP contribution in [0.5, 0.6) is 5.75 Å². The molecule has 4 nitrogen and oxygen atoms in total. The van der Waals surface area contributed by atoms with Crippen LogP contribution in [0.1, 0.15) is 19.0 Å². The van der Waals surface area contributed by atoms with Crippen molar-refractivity contribution in [1.82, 2.24) is 9.97 Å². The molecule has 1 aromatic carbocycles. The average molecular weight is 336 g/mol. The van der Waals surface area contributed by atoms with Crippen LogP contribution in [0.15, 0.2) is 28.7 Å². The average Bonchev–Trinajstić information content (AvgIpc) is 2.47. The normalized spacial score (nSPS) is 10.4. The van der Waals surface area contributed by atoms with Crippen molar-refractivity contribution < 1.29 is 4.74 Å². The largest absolute Gasteiger partial charge is 0.497 e. The summed E-state index contributed by atoms with van der Waals surface area (Å²) in [7, 11) is 3.52. The number of nitrogens with one attached hydrogen (secondary N) is 1. The molecule has 1 aromatic heterocycles.